The Morgan fingerprint density at radius 1 is 1.26 bits per heavy atom. The van der Waals surface area contributed by atoms with Crippen LogP contribution < -0.4 is 16.0 Å². The Balaban J connectivity index is 1.86. The van der Waals surface area contributed by atoms with E-state index < -0.39 is 5.60 Å². The Morgan fingerprint density at radius 2 is 2.00 bits per heavy atom. The van der Waals surface area contributed by atoms with Crippen molar-refractivity contribution in [1.82, 2.24) is 25.7 Å². The number of amides is 1. The zero-order valence-electron chi connectivity index (χ0n) is 16.1. The first-order chi connectivity index (χ1) is 12.9. The van der Waals surface area contributed by atoms with Gasteiger partial charge in [0.25, 0.3) is 0 Å². The molecule has 0 spiro atoms. The standard InChI is InChI=1S/C19H28N6O2/c1-4-20-18(23-14-19(2,27)16-11-24-25(3)13-16)22-12-17(26)21-10-15-8-6-5-7-9-15/h5-9,11,13,27H,4,10,12,14H2,1-3H3,(H,21,26)(H2,20,22,23). The highest BCUT2D eigenvalue weighted by Gasteiger charge is 2.25. The van der Waals surface area contributed by atoms with Gasteiger partial charge in [-0.05, 0) is 19.4 Å². The molecule has 0 aliphatic heterocycles. The lowest BCUT2D eigenvalue weighted by Gasteiger charge is -2.23. The number of nitrogens with one attached hydrogen (secondary N) is 3. The van der Waals surface area contributed by atoms with Crippen LogP contribution in [-0.4, -0.2) is 46.4 Å². The van der Waals surface area contributed by atoms with Crippen LogP contribution in [0.5, 0.6) is 0 Å². The van der Waals surface area contributed by atoms with Crippen molar-refractivity contribution in [2.75, 3.05) is 19.6 Å². The minimum Gasteiger partial charge on any atom is -0.383 e. The number of nitrogens with zero attached hydrogens (tertiary/aromatic N) is 3. The van der Waals surface area contributed by atoms with E-state index in [0.717, 1.165) is 5.56 Å². The second kappa shape index (κ2) is 9.72. The molecule has 1 unspecified atom stereocenters. The summed E-state index contributed by atoms with van der Waals surface area (Å²) in [7, 11) is 1.80. The zero-order chi connectivity index (χ0) is 19.7. The van der Waals surface area contributed by atoms with Crippen molar-refractivity contribution in [3.63, 3.8) is 0 Å². The van der Waals surface area contributed by atoms with E-state index in [-0.39, 0.29) is 19.0 Å². The van der Waals surface area contributed by atoms with Crippen LogP contribution in [0.25, 0.3) is 0 Å². The molecular formula is C19H28N6O2. The van der Waals surface area contributed by atoms with Crippen LogP contribution in [0, 0.1) is 0 Å². The molecule has 2 aromatic rings. The van der Waals surface area contributed by atoms with Crippen LogP contribution in [-0.2, 0) is 24.0 Å². The second-order valence-electron chi connectivity index (χ2n) is 6.49. The van der Waals surface area contributed by atoms with Gasteiger partial charge in [-0.25, -0.2) is 4.99 Å². The van der Waals surface area contributed by atoms with E-state index in [0.29, 0.717) is 24.6 Å². The summed E-state index contributed by atoms with van der Waals surface area (Å²) in [6.45, 7) is 4.98. The molecule has 0 saturated carbocycles. The molecular weight excluding hydrogens is 344 g/mol. The van der Waals surface area contributed by atoms with Crippen molar-refractivity contribution in [3.05, 3.63) is 53.9 Å². The normalized spacial score (nSPS) is 13.7. The van der Waals surface area contributed by atoms with Crippen LogP contribution in [0.4, 0.5) is 0 Å². The molecule has 0 bridgehead atoms. The molecule has 1 heterocycles. The number of hydrogen-bond donors (Lipinski definition) is 4. The number of aromatic nitrogens is 2. The third kappa shape index (κ3) is 6.74. The van der Waals surface area contributed by atoms with Crippen LogP contribution in [0.2, 0.25) is 0 Å². The van der Waals surface area contributed by atoms with Gasteiger partial charge in [0.1, 0.15) is 12.1 Å². The summed E-state index contributed by atoms with van der Waals surface area (Å²) in [6, 6.07) is 9.71. The molecule has 0 radical (unpaired) electrons. The van der Waals surface area contributed by atoms with E-state index in [1.54, 1.807) is 31.0 Å². The van der Waals surface area contributed by atoms with Crippen LogP contribution in [0.1, 0.15) is 25.0 Å². The van der Waals surface area contributed by atoms with Crippen LogP contribution in [0.15, 0.2) is 47.7 Å². The number of guanidine groups is 1. The van der Waals surface area contributed by atoms with Crippen molar-refractivity contribution in [3.8, 4) is 0 Å². The Bertz CT molecular complexity index is 755. The quantitative estimate of drug-likeness (QED) is 0.399. The average molecular weight is 372 g/mol. The van der Waals surface area contributed by atoms with Gasteiger partial charge in [0.05, 0.1) is 12.7 Å². The van der Waals surface area contributed by atoms with E-state index in [2.05, 4.69) is 26.0 Å². The fraction of sp³-hybridized carbons (Fsp3) is 0.421. The Kier molecular flexibility index (Phi) is 7.36. The molecule has 146 valence electrons. The van der Waals surface area contributed by atoms with Crippen molar-refractivity contribution in [1.29, 1.82) is 0 Å². The summed E-state index contributed by atoms with van der Waals surface area (Å²) in [6.07, 6.45) is 3.39. The molecule has 4 N–H and O–H groups in total. The lowest BCUT2D eigenvalue weighted by molar-refractivity contribution is -0.119. The fourth-order valence-corrected chi connectivity index (χ4v) is 2.40. The largest absolute Gasteiger partial charge is 0.383 e. The number of aryl methyl sites for hydroxylation is 1. The van der Waals surface area contributed by atoms with Gasteiger partial charge in [0, 0.05) is 31.9 Å². The van der Waals surface area contributed by atoms with E-state index in [4.69, 9.17) is 0 Å². The summed E-state index contributed by atoms with van der Waals surface area (Å²) in [5, 5.41) is 23.7. The molecule has 0 saturated heterocycles. The molecule has 1 amide bonds. The summed E-state index contributed by atoms with van der Waals surface area (Å²) in [4.78, 5) is 16.3. The summed E-state index contributed by atoms with van der Waals surface area (Å²) in [5.74, 6) is 0.298. The highest BCUT2D eigenvalue weighted by Crippen LogP contribution is 2.18. The van der Waals surface area contributed by atoms with Crippen LogP contribution >= 0.6 is 0 Å². The maximum Gasteiger partial charge on any atom is 0.242 e. The Morgan fingerprint density at radius 3 is 2.63 bits per heavy atom. The van der Waals surface area contributed by atoms with Gasteiger partial charge < -0.3 is 21.1 Å². The van der Waals surface area contributed by atoms with Gasteiger partial charge in [0.2, 0.25) is 5.91 Å². The van der Waals surface area contributed by atoms with E-state index in [1.807, 2.05) is 37.3 Å². The SMILES string of the molecule is CCNC(=NCC(=O)NCc1ccccc1)NCC(C)(O)c1cnn(C)c1. The van der Waals surface area contributed by atoms with Crippen LogP contribution in [0.3, 0.4) is 0 Å². The Hall–Kier alpha value is -2.87. The minimum absolute atomic E-state index is 0.00278. The van der Waals surface area contributed by atoms with Crippen molar-refractivity contribution in [2.24, 2.45) is 12.0 Å². The van der Waals surface area contributed by atoms with Gasteiger partial charge in [-0.3, -0.25) is 9.48 Å². The van der Waals surface area contributed by atoms with E-state index in [1.165, 1.54) is 0 Å². The number of hydrogen-bond acceptors (Lipinski definition) is 4. The van der Waals surface area contributed by atoms with Crippen molar-refractivity contribution in [2.45, 2.75) is 26.0 Å². The topological polar surface area (TPSA) is 104 Å². The van der Waals surface area contributed by atoms with Crippen molar-refractivity contribution >= 4 is 11.9 Å². The van der Waals surface area contributed by atoms with Gasteiger partial charge in [0.15, 0.2) is 5.96 Å². The number of carbonyl (C=O) groups excluding carboxylic acids is 1. The highest BCUT2D eigenvalue weighted by molar-refractivity contribution is 5.84. The predicted octanol–water partition coefficient (Wildman–Crippen LogP) is 0.499. The molecule has 1 atom stereocenters. The first kappa shape index (κ1) is 20.4. The lowest BCUT2D eigenvalue weighted by atomic mass is 10.00. The highest BCUT2D eigenvalue weighted by atomic mass is 16.3. The van der Waals surface area contributed by atoms with Gasteiger partial charge >= 0.3 is 0 Å². The molecule has 0 fully saturated rings. The number of aliphatic hydroxyl groups is 1. The molecule has 27 heavy (non-hydrogen) atoms. The molecule has 2 rings (SSSR count). The number of aliphatic imine (C=N–C) groups is 1. The molecule has 0 aliphatic carbocycles. The summed E-state index contributed by atoms with van der Waals surface area (Å²) < 4.78 is 1.64. The summed E-state index contributed by atoms with van der Waals surface area (Å²) in [5.41, 5.74) is 0.626. The zero-order valence-corrected chi connectivity index (χ0v) is 16.1. The van der Waals surface area contributed by atoms with E-state index >= 15 is 0 Å². The Labute approximate surface area is 159 Å². The van der Waals surface area contributed by atoms with E-state index in [9.17, 15) is 9.90 Å². The third-order valence-corrected chi connectivity index (χ3v) is 3.98. The maximum atomic E-state index is 12.0. The van der Waals surface area contributed by atoms with Gasteiger partial charge in [-0.1, -0.05) is 30.3 Å². The fourth-order valence-electron chi connectivity index (χ4n) is 2.40. The average Bonchev–Trinajstić information content (AvgIpc) is 3.10. The molecule has 1 aromatic carbocycles. The second-order valence-corrected chi connectivity index (χ2v) is 6.49. The predicted molar refractivity (Wildman–Crippen MR) is 105 cm³/mol. The monoisotopic (exact) mass is 372 g/mol. The smallest absolute Gasteiger partial charge is 0.242 e. The molecule has 1 aromatic heterocycles. The minimum atomic E-state index is -1.11. The first-order valence-corrected chi connectivity index (χ1v) is 8.95. The summed E-state index contributed by atoms with van der Waals surface area (Å²) >= 11 is 0. The van der Waals surface area contributed by atoms with Crippen molar-refractivity contribution < 1.29 is 9.90 Å². The van der Waals surface area contributed by atoms with Gasteiger partial charge in [-0.15, -0.1) is 0 Å². The molecule has 0 aliphatic rings. The maximum absolute atomic E-state index is 12.0. The lowest BCUT2D eigenvalue weighted by Crippen LogP contribution is -2.45. The third-order valence-electron chi connectivity index (χ3n) is 3.98. The van der Waals surface area contributed by atoms with Gasteiger partial charge in [-0.2, -0.15) is 5.10 Å². The number of carbonyl (C=O) groups is 1. The number of rotatable bonds is 8. The number of benzene rings is 1. The first-order valence-electron chi connectivity index (χ1n) is 8.95. The molecule has 8 heteroatoms. The molecule has 8 nitrogen and oxygen atoms in total.